The van der Waals surface area contributed by atoms with Gasteiger partial charge in [0.1, 0.15) is 17.5 Å². The predicted molar refractivity (Wildman–Crippen MR) is 100 cm³/mol. The molecule has 0 fully saturated rings. The Kier molecular flexibility index (Phi) is 4.62. The zero-order chi connectivity index (χ0) is 19.7. The molecule has 0 aliphatic carbocycles. The van der Waals surface area contributed by atoms with Crippen molar-refractivity contribution in [3.8, 4) is 5.75 Å². The molecule has 10 heteroatoms. The van der Waals surface area contributed by atoms with E-state index in [1.807, 2.05) is 17.5 Å². The summed E-state index contributed by atoms with van der Waals surface area (Å²) < 4.78 is 11.5. The lowest BCUT2D eigenvalue weighted by molar-refractivity contribution is -0.136. The Bertz CT molecular complexity index is 1060. The maximum absolute atomic E-state index is 13.4. The quantitative estimate of drug-likeness (QED) is 0.515. The van der Waals surface area contributed by atoms with E-state index in [1.54, 1.807) is 31.4 Å². The fourth-order valence-electron chi connectivity index (χ4n) is 3.00. The topological polar surface area (TPSA) is 108 Å². The summed E-state index contributed by atoms with van der Waals surface area (Å²) in [6.07, 6.45) is 0. The number of rotatable bonds is 5. The van der Waals surface area contributed by atoms with Gasteiger partial charge in [-0.2, -0.15) is 4.68 Å². The molecule has 0 bridgehead atoms. The number of tetrazole rings is 1. The van der Waals surface area contributed by atoms with Crippen molar-refractivity contribution in [1.29, 1.82) is 0 Å². The molecule has 0 saturated heterocycles. The zero-order valence-electron chi connectivity index (χ0n) is 14.9. The van der Waals surface area contributed by atoms with Crippen LogP contribution in [0.3, 0.4) is 0 Å². The first-order valence-electron chi connectivity index (χ1n) is 8.23. The summed E-state index contributed by atoms with van der Waals surface area (Å²) in [5.74, 6) is -0.133. The molecule has 0 radical (unpaired) electrons. The van der Waals surface area contributed by atoms with Gasteiger partial charge in [0.15, 0.2) is 5.78 Å². The van der Waals surface area contributed by atoms with Gasteiger partial charge in [-0.15, -0.1) is 11.3 Å². The van der Waals surface area contributed by atoms with E-state index in [1.165, 1.54) is 23.1 Å². The largest absolute Gasteiger partial charge is 0.497 e. The molecular weight excluding hydrogens is 382 g/mol. The van der Waals surface area contributed by atoms with Crippen LogP contribution in [0, 0.1) is 0 Å². The number of fused-ring (bicyclic) bond motifs is 1. The molecule has 1 atom stereocenters. The second-order valence-electron chi connectivity index (χ2n) is 5.83. The average Bonchev–Trinajstić information content (AvgIpc) is 3.43. The van der Waals surface area contributed by atoms with Crippen LogP contribution in [0.1, 0.15) is 21.3 Å². The predicted octanol–water partition coefficient (Wildman–Crippen LogP) is 2.07. The Hall–Kier alpha value is -3.53. The fraction of sp³-hybridized carbons (Fsp3) is 0.167. The van der Waals surface area contributed by atoms with Crippen molar-refractivity contribution in [2.45, 2.75) is 6.04 Å². The third kappa shape index (κ3) is 2.93. The number of benzene rings is 1. The number of thiophene rings is 1. The van der Waals surface area contributed by atoms with E-state index in [9.17, 15) is 9.59 Å². The molecule has 1 aliphatic heterocycles. The number of Topliss-reactive ketones (excluding diaryl/α,β-unsaturated/α-hetero) is 1. The number of hydrogen-bond acceptors (Lipinski definition) is 9. The summed E-state index contributed by atoms with van der Waals surface area (Å²) in [5, 5.41) is 16.3. The summed E-state index contributed by atoms with van der Waals surface area (Å²) in [6, 6.07) is 9.72. The average molecular weight is 397 g/mol. The second-order valence-corrected chi connectivity index (χ2v) is 6.81. The minimum atomic E-state index is -0.673. The van der Waals surface area contributed by atoms with Crippen molar-refractivity contribution in [3.63, 3.8) is 0 Å². The van der Waals surface area contributed by atoms with Crippen molar-refractivity contribution in [1.82, 2.24) is 20.2 Å². The van der Waals surface area contributed by atoms with Crippen LogP contribution >= 0.6 is 11.3 Å². The van der Waals surface area contributed by atoms with E-state index in [0.717, 1.165) is 4.88 Å². The maximum atomic E-state index is 13.4. The number of anilines is 1. The molecule has 2 aromatic heterocycles. The first kappa shape index (κ1) is 17.9. The van der Waals surface area contributed by atoms with Gasteiger partial charge in [-0.1, -0.05) is 11.2 Å². The molecular formula is C18H15N5O4S. The number of nitrogens with zero attached hydrogens (tertiary/aromatic N) is 4. The summed E-state index contributed by atoms with van der Waals surface area (Å²) >= 11 is 1.44. The van der Waals surface area contributed by atoms with Crippen LogP contribution in [0.5, 0.6) is 5.75 Å². The third-order valence-electron chi connectivity index (χ3n) is 4.32. The van der Waals surface area contributed by atoms with E-state index in [4.69, 9.17) is 9.47 Å². The molecule has 1 N–H and O–H groups in total. The van der Waals surface area contributed by atoms with Gasteiger partial charge in [0.2, 0.25) is 5.95 Å². The van der Waals surface area contributed by atoms with Crippen molar-refractivity contribution in [2.24, 2.45) is 0 Å². The Labute approximate surface area is 163 Å². The molecule has 4 rings (SSSR count). The van der Waals surface area contributed by atoms with Crippen LogP contribution in [0.4, 0.5) is 5.95 Å². The number of nitrogens with one attached hydrogen (secondary N) is 1. The fourth-order valence-corrected chi connectivity index (χ4v) is 3.81. The lowest BCUT2D eigenvalue weighted by atomic mass is 9.93. The van der Waals surface area contributed by atoms with Gasteiger partial charge < -0.3 is 14.8 Å². The van der Waals surface area contributed by atoms with Crippen molar-refractivity contribution in [2.75, 3.05) is 19.5 Å². The van der Waals surface area contributed by atoms with E-state index in [2.05, 4.69) is 20.8 Å². The molecule has 1 aromatic carbocycles. The normalized spacial score (nSPS) is 15.6. The highest BCUT2D eigenvalue weighted by Crippen LogP contribution is 2.38. The van der Waals surface area contributed by atoms with Gasteiger partial charge in [-0.05, 0) is 46.1 Å². The molecule has 0 spiro atoms. The number of aromatic nitrogens is 4. The summed E-state index contributed by atoms with van der Waals surface area (Å²) in [7, 11) is 2.80. The lowest BCUT2D eigenvalue weighted by Crippen LogP contribution is -2.32. The second kappa shape index (κ2) is 7.24. The van der Waals surface area contributed by atoms with Gasteiger partial charge in [0.25, 0.3) is 0 Å². The Morgan fingerprint density at radius 2 is 1.96 bits per heavy atom. The molecule has 0 unspecified atom stereocenters. The standard InChI is InChI=1S/C18H15N5O4S/c1-26-11-7-5-10(6-8-11)16(24)13-14(17(25)27-2)19-18-20-21-22-23(18)15(13)12-4-3-9-28-12/h3-9,15H,1-2H3,(H,19,20,22)/t15-/m1/s1. The van der Waals surface area contributed by atoms with Crippen molar-refractivity contribution in [3.05, 3.63) is 63.5 Å². The van der Waals surface area contributed by atoms with Crippen LogP contribution in [0.15, 0.2) is 53.0 Å². The Balaban J connectivity index is 1.90. The molecule has 0 saturated carbocycles. The van der Waals surface area contributed by atoms with Gasteiger partial charge >= 0.3 is 5.97 Å². The molecule has 28 heavy (non-hydrogen) atoms. The number of ether oxygens (including phenoxy) is 2. The number of ketones is 1. The number of hydrogen-bond donors (Lipinski definition) is 1. The highest BCUT2D eigenvalue weighted by Gasteiger charge is 2.38. The van der Waals surface area contributed by atoms with E-state index >= 15 is 0 Å². The molecule has 3 heterocycles. The summed E-state index contributed by atoms with van der Waals surface area (Å²) in [5.41, 5.74) is 0.625. The minimum Gasteiger partial charge on any atom is -0.497 e. The lowest BCUT2D eigenvalue weighted by Gasteiger charge is -2.27. The smallest absolute Gasteiger partial charge is 0.355 e. The number of carbonyl (C=O) groups is 2. The summed E-state index contributed by atoms with van der Waals surface area (Å²) in [6.45, 7) is 0. The first-order valence-corrected chi connectivity index (χ1v) is 9.11. The highest BCUT2D eigenvalue weighted by molar-refractivity contribution is 7.10. The van der Waals surface area contributed by atoms with Gasteiger partial charge in [0, 0.05) is 10.4 Å². The number of allylic oxidation sites excluding steroid dienone is 1. The van der Waals surface area contributed by atoms with Crippen LogP contribution in [0.2, 0.25) is 0 Å². The first-order chi connectivity index (χ1) is 13.6. The number of methoxy groups -OCH3 is 2. The molecule has 1 aliphatic rings. The highest BCUT2D eigenvalue weighted by atomic mass is 32.1. The number of carbonyl (C=O) groups excluding carboxylic acids is 2. The number of esters is 1. The zero-order valence-corrected chi connectivity index (χ0v) is 15.8. The molecule has 3 aromatic rings. The Morgan fingerprint density at radius 1 is 1.18 bits per heavy atom. The minimum absolute atomic E-state index is 0.0176. The SMILES string of the molecule is COC(=O)C1=C(C(=O)c2ccc(OC)cc2)[C@@H](c2cccs2)n2nnnc2N1. The van der Waals surface area contributed by atoms with Gasteiger partial charge in [0.05, 0.1) is 19.8 Å². The maximum Gasteiger partial charge on any atom is 0.355 e. The third-order valence-corrected chi connectivity index (χ3v) is 5.24. The Morgan fingerprint density at radius 3 is 2.61 bits per heavy atom. The molecule has 0 amide bonds. The molecule has 142 valence electrons. The summed E-state index contributed by atoms with van der Waals surface area (Å²) in [4.78, 5) is 26.7. The van der Waals surface area contributed by atoms with Crippen LogP contribution in [-0.4, -0.2) is 46.2 Å². The van der Waals surface area contributed by atoms with Crippen LogP contribution < -0.4 is 10.1 Å². The van der Waals surface area contributed by atoms with E-state index < -0.39 is 12.0 Å². The van der Waals surface area contributed by atoms with Crippen LogP contribution in [0.25, 0.3) is 0 Å². The van der Waals surface area contributed by atoms with Gasteiger partial charge in [-0.3, -0.25) is 4.79 Å². The monoisotopic (exact) mass is 397 g/mol. The van der Waals surface area contributed by atoms with Crippen molar-refractivity contribution >= 4 is 29.0 Å². The van der Waals surface area contributed by atoms with Gasteiger partial charge in [-0.25, -0.2) is 4.79 Å². The molecule has 9 nitrogen and oxygen atoms in total. The van der Waals surface area contributed by atoms with E-state index in [0.29, 0.717) is 11.3 Å². The van der Waals surface area contributed by atoms with Crippen LogP contribution in [-0.2, 0) is 9.53 Å². The van der Waals surface area contributed by atoms with E-state index in [-0.39, 0.29) is 23.0 Å². The van der Waals surface area contributed by atoms with Crippen molar-refractivity contribution < 1.29 is 19.1 Å².